The van der Waals surface area contributed by atoms with E-state index in [0.717, 1.165) is 17.0 Å². The van der Waals surface area contributed by atoms with Crippen molar-refractivity contribution in [3.8, 4) is 5.75 Å². The van der Waals surface area contributed by atoms with Gasteiger partial charge in [-0.15, -0.1) is 0 Å². The molecule has 1 aromatic carbocycles. The summed E-state index contributed by atoms with van der Waals surface area (Å²) >= 11 is 5.95. The Balaban J connectivity index is 1.65. The first-order chi connectivity index (χ1) is 10.1. The summed E-state index contributed by atoms with van der Waals surface area (Å²) in [6, 6.07) is 10.9. The Morgan fingerprint density at radius 3 is 3.05 bits per heavy atom. The van der Waals surface area contributed by atoms with Crippen molar-refractivity contribution in [1.82, 2.24) is 10.3 Å². The zero-order valence-corrected chi connectivity index (χ0v) is 12.3. The fourth-order valence-electron chi connectivity index (χ4n) is 2.38. The van der Waals surface area contributed by atoms with E-state index in [-0.39, 0.29) is 11.9 Å². The van der Waals surface area contributed by atoms with E-state index in [1.807, 2.05) is 31.2 Å². The Hall–Kier alpha value is -2.07. The van der Waals surface area contributed by atoms with Crippen molar-refractivity contribution in [2.45, 2.75) is 25.5 Å². The molecule has 1 aromatic heterocycles. The van der Waals surface area contributed by atoms with Crippen molar-refractivity contribution < 1.29 is 9.53 Å². The number of carbonyl (C=O) groups is 1. The molecule has 0 radical (unpaired) electrons. The van der Waals surface area contributed by atoms with Gasteiger partial charge in [-0.3, -0.25) is 9.78 Å². The zero-order chi connectivity index (χ0) is 14.8. The summed E-state index contributed by atoms with van der Waals surface area (Å²) in [7, 11) is 0. The second kappa shape index (κ2) is 5.74. The van der Waals surface area contributed by atoms with Gasteiger partial charge in [-0.05, 0) is 42.8 Å². The summed E-state index contributed by atoms with van der Waals surface area (Å²) < 4.78 is 5.67. The Kier molecular flexibility index (Phi) is 3.80. The molecule has 2 unspecified atom stereocenters. The highest BCUT2D eigenvalue weighted by Crippen LogP contribution is 2.31. The summed E-state index contributed by atoms with van der Waals surface area (Å²) in [5.41, 5.74) is 1.79. The first-order valence-electron chi connectivity index (χ1n) is 6.80. The van der Waals surface area contributed by atoms with Crippen molar-refractivity contribution in [2.75, 3.05) is 0 Å². The highest BCUT2D eigenvalue weighted by molar-refractivity contribution is 6.30. The normalized spacial score (nSPS) is 17.7. The highest BCUT2D eigenvalue weighted by Gasteiger charge is 2.30. The highest BCUT2D eigenvalue weighted by atomic mass is 35.5. The zero-order valence-electron chi connectivity index (χ0n) is 11.5. The van der Waals surface area contributed by atoms with Crippen LogP contribution in [0, 0.1) is 0 Å². The summed E-state index contributed by atoms with van der Waals surface area (Å²) in [5.74, 6) is 0.588. The van der Waals surface area contributed by atoms with E-state index in [2.05, 4.69) is 10.3 Å². The fourth-order valence-corrected chi connectivity index (χ4v) is 2.57. The minimum absolute atomic E-state index is 0.138. The molecule has 0 fully saturated rings. The van der Waals surface area contributed by atoms with Crippen LogP contribution in [0.25, 0.3) is 0 Å². The third-order valence-corrected chi connectivity index (χ3v) is 3.71. The predicted octanol–water partition coefficient (Wildman–Crippen LogP) is 2.92. The molecule has 2 atom stereocenters. The summed E-state index contributed by atoms with van der Waals surface area (Å²) in [4.78, 5) is 16.5. The molecule has 0 bridgehead atoms. The topological polar surface area (TPSA) is 51.2 Å². The smallest absolute Gasteiger partial charge is 0.261 e. The number of aromatic nitrogens is 1. The molecule has 3 rings (SSSR count). The van der Waals surface area contributed by atoms with Crippen LogP contribution in [0.4, 0.5) is 0 Å². The number of nitrogens with zero attached hydrogens (tertiary/aromatic N) is 1. The Bertz CT molecular complexity index is 661. The molecule has 1 aliphatic rings. The third kappa shape index (κ3) is 3.00. The molecular formula is C16H15ClN2O2. The van der Waals surface area contributed by atoms with Crippen LogP contribution >= 0.6 is 11.6 Å². The van der Waals surface area contributed by atoms with E-state index in [9.17, 15) is 4.79 Å². The SMILES string of the molecule is CC(NC(=O)C1Cc2cc(Cl)ccc2O1)c1ccccn1. The number of nitrogens with one attached hydrogen (secondary N) is 1. The maximum Gasteiger partial charge on any atom is 0.261 e. The number of pyridine rings is 1. The van der Waals surface area contributed by atoms with Crippen molar-refractivity contribution in [2.24, 2.45) is 0 Å². The molecule has 5 heteroatoms. The number of hydrogen-bond acceptors (Lipinski definition) is 3. The quantitative estimate of drug-likeness (QED) is 0.948. The summed E-state index contributed by atoms with van der Waals surface area (Å²) in [5, 5.41) is 3.58. The van der Waals surface area contributed by atoms with Gasteiger partial charge in [0.25, 0.3) is 5.91 Å². The lowest BCUT2D eigenvalue weighted by molar-refractivity contribution is -0.127. The minimum Gasteiger partial charge on any atom is -0.480 e. The Labute approximate surface area is 128 Å². The van der Waals surface area contributed by atoms with E-state index in [1.54, 1.807) is 18.3 Å². The van der Waals surface area contributed by atoms with Crippen LogP contribution in [0.2, 0.25) is 5.02 Å². The molecule has 0 saturated carbocycles. The first kappa shape index (κ1) is 13.9. The monoisotopic (exact) mass is 302 g/mol. The lowest BCUT2D eigenvalue weighted by Crippen LogP contribution is -2.38. The van der Waals surface area contributed by atoms with Crippen molar-refractivity contribution in [3.63, 3.8) is 0 Å². The minimum atomic E-state index is -0.510. The molecule has 1 aliphatic heterocycles. The molecule has 108 valence electrons. The van der Waals surface area contributed by atoms with Crippen molar-refractivity contribution in [1.29, 1.82) is 0 Å². The number of amides is 1. The van der Waals surface area contributed by atoms with Gasteiger partial charge >= 0.3 is 0 Å². The van der Waals surface area contributed by atoms with E-state index in [1.165, 1.54) is 0 Å². The van der Waals surface area contributed by atoms with Gasteiger partial charge in [-0.2, -0.15) is 0 Å². The van der Waals surface area contributed by atoms with Crippen LogP contribution in [-0.4, -0.2) is 17.0 Å². The molecule has 0 saturated heterocycles. The van der Waals surface area contributed by atoms with Gasteiger partial charge in [0.2, 0.25) is 0 Å². The fraction of sp³-hybridized carbons (Fsp3) is 0.250. The number of fused-ring (bicyclic) bond motifs is 1. The maximum atomic E-state index is 12.3. The van der Waals surface area contributed by atoms with E-state index in [0.29, 0.717) is 11.4 Å². The van der Waals surface area contributed by atoms with E-state index < -0.39 is 6.10 Å². The van der Waals surface area contributed by atoms with Crippen LogP contribution in [0.3, 0.4) is 0 Å². The number of carbonyl (C=O) groups excluding carboxylic acids is 1. The molecule has 1 amide bonds. The number of ether oxygens (including phenoxy) is 1. The molecule has 4 nitrogen and oxygen atoms in total. The average Bonchev–Trinajstić information content (AvgIpc) is 2.91. The Morgan fingerprint density at radius 2 is 2.29 bits per heavy atom. The third-order valence-electron chi connectivity index (χ3n) is 3.48. The van der Waals surface area contributed by atoms with Gasteiger partial charge in [0.1, 0.15) is 5.75 Å². The second-order valence-electron chi connectivity index (χ2n) is 5.05. The van der Waals surface area contributed by atoms with Gasteiger partial charge < -0.3 is 10.1 Å². The predicted molar refractivity (Wildman–Crippen MR) is 80.4 cm³/mol. The number of hydrogen-bond donors (Lipinski definition) is 1. The Morgan fingerprint density at radius 1 is 1.43 bits per heavy atom. The van der Waals surface area contributed by atoms with Gasteiger partial charge in [0, 0.05) is 17.6 Å². The van der Waals surface area contributed by atoms with Crippen LogP contribution in [0.5, 0.6) is 5.75 Å². The van der Waals surface area contributed by atoms with Crippen molar-refractivity contribution >= 4 is 17.5 Å². The molecule has 21 heavy (non-hydrogen) atoms. The molecule has 0 aliphatic carbocycles. The molecule has 2 heterocycles. The largest absolute Gasteiger partial charge is 0.480 e. The van der Waals surface area contributed by atoms with Gasteiger partial charge in [-0.25, -0.2) is 0 Å². The summed E-state index contributed by atoms with van der Waals surface area (Å²) in [6.07, 6.45) is 1.74. The lowest BCUT2D eigenvalue weighted by Gasteiger charge is -2.16. The van der Waals surface area contributed by atoms with Crippen LogP contribution in [-0.2, 0) is 11.2 Å². The van der Waals surface area contributed by atoms with Crippen LogP contribution in [0.1, 0.15) is 24.2 Å². The number of benzene rings is 1. The standard InChI is InChI=1S/C16H15ClN2O2/c1-10(13-4-2-3-7-18-13)19-16(20)15-9-11-8-12(17)5-6-14(11)21-15/h2-8,10,15H,9H2,1H3,(H,19,20). The van der Waals surface area contributed by atoms with Gasteiger partial charge in [0.05, 0.1) is 11.7 Å². The average molecular weight is 303 g/mol. The van der Waals surface area contributed by atoms with Gasteiger partial charge in [0.15, 0.2) is 6.10 Å². The molecule has 1 N–H and O–H groups in total. The van der Waals surface area contributed by atoms with E-state index >= 15 is 0 Å². The van der Waals surface area contributed by atoms with Gasteiger partial charge in [-0.1, -0.05) is 17.7 Å². The molecule has 0 spiro atoms. The van der Waals surface area contributed by atoms with Crippen LogP contribution < -0.4 is 10.1 Å². The first-order valence-corrected chi connectivity index (χ1v) is 7.17. The van der Waals surface area contributed by atoms with Crippen LogP contribution in [0.15, 0.2) is 42.6 Å². The molecular weight excluding hydrogens is 288 g/mol. The number of rotatable bonds is 3. The molecule has 2 aromatic rings. The second-order valence-corrected chi connectivity index (χ2v) is 5.48. The van der Waals surface area contributed by atoms with Crippen molar-refractivity contribution in [3.05, 3.63) is 58.9 Å². The lowest BCUT2D eigenvalue weighted by atomic mass is 10.1. The summed E-state index contributed by atoms with van der Waals surface area (Å²) in [6.45, 7) is 1.90. The number of halogens is 1. The maximum absolute atomic E-state index is 12.3. The van der Waals surface area contributed by atoms with E-state index in [4.69, 9.17) is 16.3 Å².